The van der Waals surface area contributed by atoms with Gasteiger partial charge in [-0.05, 0) is 221 Å². The Kier molecular flexibility index (Phi) is 21.5. The van der Waals surface area contributed by atoms with Crippen molar-refractivity contribution in [2.24, 2.45) is 0 Å². The molecule has 0 spiro atoms. The summed E-state index contributed by atoms with van der Waals surface area (Å²) < 4.78 is 1.04. The number of hydrogen-bond acceptors (Lipinski definition) is 12. The summed E-state index contributed by atoms with van der Waals surface area (Å²) in [6, 6.07) is 73.7. The second-order valence-corrected chi connectivity index (χ2v) is 41.8. The van der Waals surface area contributed by atoms with Gasteiger partial charge in [-0.15, -0.1) is 0 Å². The minimum atomic E-state index is -0.0356. The zero-order chi connectivity index (χ0) is 75.4. The van der Waals surface area contributed by atoms with Gasteiger partial charge >= 0.3 is 19.5 Å². The second kappa shape index (κ2) is 29.9. The van der Waals surface area contributed by atoms with Crippen LogP contribution in [0.25, 0.3) is 89.7 Å². The van der Waals surface area contributed by atoms with E-state index in [0.717, 1.165) is 106 Å². The summed E-state index contributed by atoms with van der Waals surface area (Å²) in [5.41, 5.74) is 12.8. The average molecular weight is 1690 g/mol. The molecule has 0 unspecified atom stereocenters. The van der Waals surface area contributed by atoms with E-state index in [1.54, 1.807) is 70.6 Å². The SMILES string of the molecule is CC(C)(C)c1ccc(Sc2ccc(Sc3ccc(C(C)(C)C)cc3)c3c2-c2nc-3nc3[n-]c(nc4nc(nc5[n-]c(n2)c2ccc(I)cc52)-c2c(Sc5ccc(C(C)(C)C)cc5)ccc(Sc5ccc(C(C)(C)C)cc5)c2-4)c2c(Sc4ccc(C(C)(C)C)cc4)ccc(Sc4ccc(C(C)(C)C)cc4)c32)cc1.[Zn+2]. The number of benzene rings is 10. The Balaban J connectivity index is 0.00000976. The van der Waals surface area contributed by atoms with Gasteiger partial charge in [0.1, 0.15) is 0 Å². The van der Waals surface area contributed by atoms with E-state index in [9.17, 15) is 0 Å². The second-order valence-electron chi connectivity index (χ2n) is 33.9. The van der Waals surface area contributed by atoms with Gasteiger partial charge < -0.3 is 29.9 Å². The van der Waals surface area contributed by atoms with Gasteiger partial charge in [0, 0.05) is 118 Å². The van der Waals surface area contributed by atoms with Crippen molar-refractivity contribution in [2.45, 2.75) is 216 Å². The van der Waals surface area contributed by atoms with Gasteiger partial charge in [0.05, 0.1) is 23.3 Å². The van der Waals surface area contributed by atoms with Crippen LogP contribution < -0.4 is 9.97 Å². The fourth-order valence-corrected chi connectivity index (χ4v) is 19.5. The van der Waals surface area contributed by atoms with E-state index in [0.29, 0.717) is 45.9 Å². The molecule has 0 radical (unpaired) electrons. The zero-order valence-corrected chi connectivity index (χ0v) is 74.7. The molecule has 2 aliphatic rings. The maximum Gasteiger partial charge on any atom is 2.00 e. The van der Waals surface area contributed by atoms with Gasteiger partial charge in [0.2, 0.25) is 0 Å². The van der Waals surface area contributed by atoms with E-state index < -0.39 is 0 Å². The summed E-state index contributed by atoms with van der Waals surface area (Å²) in [5, 5.41) is 3.39. The van der Waals surface area contributed by atoms with Crippen molar-refractivity contribution in [3.05, 3.63) is 237 Å². The summed E-state index contributed by atoms with van der Waals surface area (Å²) >= 11 is 12.7. The van der Waals surface area contributed by atoms with Crippen LogP contribution in [0, 0.1) is 3.57 Å². The molecule has 108 heavy (non-hydrogen) atoms. The number of fused-ring (bicyclic) bond motifs is 20. The molecule has 0 fully saturated rings. The molecule has 8 nitrogen and oxygen atoms in total. The van der Waals surface area contributed by atoms with Gasteiger partial charge in [0.15, 0.2) is 0 Å². The third kappa shape index (κ3) is 16.4. The van der Waals surface area contributed by atoms with Gasteiger partial charge in [-0.25, -0.2) is 9.97 Å². The largest absolute Gasteiger partial charge is 2.00 e. The Morgan fingerprint density at radius 2 is 0.454 bits per heavy atom. The minimum Gasteiger partial charge on any atom is -0.357 e. The van der Waals surface area contributed by atoms with Crippen molar-refractivity contribution in [2.75, 3.05) is 0 Å². The molecule has 3 aromatic heterocycles. The van der Waals surface area contributed by atoms with Gasteiger partial charge in [-0.3, -0.25) is 0 Å². The van der Waals surface area contributed by atoms with Crippen molar-refractivity contribution >= 4 is 137 Å². The van der Waals surface area contributed by atoms with Crippen LogP contribution in [-0.2, 0) is 52.0 Å². The van der Waals surface area contributed by atoms with Crippen molar-refractivity contribution < 1.29 is 19.5 Å². The van der Waals surface area contributed by atoms with E-state index in [2.05, 4.69) is 347 Å². The predicted molar refractivity (Wildman–Crippen MR) is 462 cm³/mol. The molecule has 13 aromatic rings. The molecule has 0 N–H and O–H groups in total. The standard InChI is InChI=1S/C92H87IN8S6.Zn/c1-87(2,3)52-19-32-59(33-20-52)102-67-45-47-69(104-61-36-23-54(24-37-61)89(7,8)9)75-73(67)81-95-79-65-44-31-58(93)51-66(65)80(94-79)96-82-74-68(103-60-34-21-53(22-35-60)88(4,5)6)46-48-70(105-62-38-25-55(26-39-62)90(10,11)12)76(74)84(98-82)100-86-78-72(107-64-42-29-57(30-43-64)92(16,17)18)50-49-71(77(78)85(101-86)99-83(75)97-81)106-63-40-27-56(28-41-63)91(13,14)15;/h19-51H,1-18H3;/q-2;+2. The van der Waals surface area contributed by atoms with Gasteiger partial charge in [0.25, 0.3) is 0 Å². The van der Waals surface area contributed by atoms with Crippen LogP contribution in [-0.4, -0.2) is 29.9 Å². The van der Waals surface area contributed by atoms with Gasteiger partial charge in [-0.1, -0.05) is 274 Å². The molecule has 8 bridgehead atoms. The third-order valence-corrected chi connectivity index (χ3v) is 26.7. The Morgan fingerprint density at radius 1 is 0.241 bits per heavy atom. The third-order valence-electron chi connectivity index (χ3n) is 19.6. The normalized spacial score (nSPS) is 12.7. The summed E-state index contributed by atoms with van der Waals surface area (Å²) in [6.07, 6.45) is 0. The zero-order valence-electron chi connectivity index (χ0n) is 64.7. The molecule has 0 saturated heterocycles. The quantitative estimate of drug-likeness (QED) is 0.0856. The van der Waals surface area contributed by atoms with Crippen molar-refractivity contribution in [3.8, 4) is 45.6 Å². The van der Waals surface area contributed by atoms with E-state index in [1.165, 1.54) is 33.4 Å². The molecule has 0 amide bonds. The molecule has 0 aliphatic carbocycles. The van der Waals surface area contributed by atoms with Crippen LogP contribution in [0.15, 0.2) is 259 Å². The van der Waals surface area contributed by atoms with Crippen LogP contribution in [0.5, 0.6) is 0 Å². The van der Waals surface area contributed by atoms with Crippen molar-refractivity contribution in [3.63, 3.8) is 0 Å². The van der Waals surface area contributed by atoms with Crippen molar-refractivity contribution in [1.29, 1.82) is 0 Å². The molecule has 2 aliphatic heterocycles. The number of halogens is 1. The number of aromatic nitrogens is 8. The molecular weight excluding hydrogens is 1600 g/mol. The smallest absolute Gasteiger partial charge is 0.357 e. The first-order valence-corrected chi connectivity index (χ1v) is 42.3. The molecule has 16 heteroatoms. The Bertz CT molecular complexity index is 5800. The number of nitrogens with zero attached hydrogens (tertiary/aromatic N) is 8. The molecule has 15 rings (SSSR count). The first-order valence-electron chi connectivity index (χ1n) is 36.4. The van der Waals surface area contributed by atoms with Crippen molar-refractivity contribution in [1.82, 2.24) is 39.9 Å². The predicted octanol–water partition coefficient (Wildman–Crippen LogP) is 27.4. The first kappa shape index (κ1) is 77.7. The molecule has 5 heterocycles. The summed E-state index contributed by atoms with van der Waals surface area (Å²) in [4.78, 5) is 58.7. The summed E-state index contributed by atoms with van der Waals surface area (Å²) in [5.74, 6) is 1.96. The van der Waals surface area contributed by atoms with Gasteiger partial charge in [-0.2, -0.15) is 0 Å². The van der Waals surface area contributed by atoms with Crippen LogP contribution in [0.3, 0.4) is 0 Å². The van der Waals surface area contributed by atoms with Crippen LogP contribution >= 0.6 is 93.2 Å². The van der Waals surface area contributed by atoms with E-state index in [1.807, 2.05) is 0 Å². The van der Waals surface area contributed by atoms with Crippen LogP contribution in [0.1, 0.15) is 158 Å². The monoisotopic (exact) mass is 1690 g/mol. The van der Waals surface area contributed by atoms with E-state index in [4.69, 9.17) is 39.9 Å². The fourth-order valence-electron chi connectivity index (χ4n) is 13.2. The molecule has 10 aromatic carbocycles. The first-order chi connectivity index (χ1) is 50.6. The molecule has 0 atom stereocenters. The summed E-state index contributed by atoms with van der Waals surface area (Å²) in [6.45, 7) is 40.7. The maximum atomic E-state index is 5.96. The Morgan fingerprint density at radius 3 is 0.704 bits per heavy atom. The topological polar surface area (TPSA) is 106 Å². The molecular formula is C92H87IN8S6Zn. The minimum absolute atomic E-state index is 0. The Hall–Kier alpha value is -6.99. The van der Waals surface area contributed by atoms with E-state index in [-0.39, 0.29) is 52.0 Å². The number of rotatable bonds is 12. The summed E-state index contributed by atoms with van der Waals surface area (Å²) in [7, 11) is 0. The molecule has 0 saturated carbocycles. The maximum absolute atomic E-state index is 5.96. The average Bonchev–Trinajstić information content (AvgIpc) is 1.58. The fraction of sp³-hybridized carbons (Fsp3) is 0.261. The van der Waals surface area contributed by atoms with Crippen LogP contribution in [0.4, 0.5) is 0 Å². The number of hydrogen-bond donors (Lipinski definition) is 0. The van der Waals surface area contributed by atoms with E-state index >= 15 is 0 Å². The molecule has 540 valence electrons. The Labute approximate surface area is 688 Å². The van der Waals surface area contributed by atoms with Crippen LogP contribution in [0.2, 0.25) is 0 Å².